The van der Waals surface area contributed by atoms with E-state index in [9.17, 15) is 9.90 Å². The number of benzene rings is 1. The van der Waals surface area contributed by atoms with Crippen LogP contribution in [0.5, 0.6) is 5.75 Å². The highest BCUT2D eigenvalue weighted by Crippen LogP contribution is 2.50. The SMILES string of the molecule is CC(=O)C1CC1c1cc(Cl)ccc1O. The van der Waals surface area contributed by atoms with Gasteiger partial charge in [-0.25, -0.2) is 0 Å². The molecule has 0 bridgehead atoms. The highest BCUT2D eigenvalue weighted by atomic mass is 35.5. The Morgan fingerprint density at radius 2 is 2.29 bits per heavy atom. The predicted molar refractivity (Wildman–Crippen MR) is 54.6 cm³/mol. The molecule has 0 spiro atoms. The van der Waals surface area contributed by atoms with E-state index in [4.69, 9.17) is 11.6 Å². The fraction of sp³-hybridized carbons (Fsp3) is 0.364. The van der Waals surface area contributed by atoms with E-state index in [-0.39, 0.29) is 23.4 Å². The van der Waals surface area contributed by atoms with E-state index in [1.54, 1.807) is 25.1 Å². The van der Waals surface area contributed by atoms with E-state index in [2.05, 4.69) is 0 Å². The summed E-state index contributed by atoms with van der Waals surface area (Å²) in [7, 11) is 0. The van der Waals surface area contributed by atoms with Crippen molar-refractivity contribution in [2.45, 2.75) is 19.3 Å². The van der Waals surface area contributed by atoms with E-state index in [1.165, 1.54) is 0 Å². The van der Waals surface area contributed by atoms with Crippen LogP contribution in [0.25, 0.3) is 0 Å². The summed E-state index contributed by atoms with van der Waals surface area (Å²) in [5.41, 5.74) is 0.803. The average Bonchev–Trinajstić information content (AvgIpc) is 2.88. The van der Waals surface area contributed by atoms with Gasteiger partial charge in [0.2, 0.25) is 0 Å². The molecule has 0 aliphatic heterocycles. The number of rotatable bonds is 2. The molecule has 1 N–H and O–H groups in total. The molecular weight excluding hydrogens is 200 g/mol. The van der Waals surface area contributed by atoms with Crippen molar-refractivity contribution in [2.75, 3.05) is 0 Å². The van der Waals surface area contributed by atoms with Crippen LogP contribution < -0.4 is 0 Å². The van der Waals surface area contributed by atoms with Crippen LogP contribution in [0, 0.1) is 5.92 Å². The molecule has 0 radical (unpaired) electrons. The maximum atomic E-state index is 11.1. The van der Waals surface area contributed by atoms with Crippen LogP contribution in [0.2, 0.25) is 5.02 Å². The Morgan fingerprint density at radius 3 is 2.86 bits per heavy atom. The molecule has 1 fully saturated rings. The van der Waals surface area contributed by atoms with Crippen LogP contribution in [0.4, 0.5) is 0 Å². The van der Waals surface area contributed by atoms with Crippen LogP contribution in [-0.4, -0.2) is 10.9 Å². The van der Waals surface area contributed by atoms with E-state index in [0.717, 1.165) is 12.0 Å². The number of Topliss-reactive ketones (excluding diaryl/α,β-unsaturated/α-hetero) is 1. The number of hydrogen-bond donors (Lipinski definition) is 1. The largest absolute Gasteiger partial charge is 0.508 e. The Hall–Kier alpha value is -1.02. The van der Waals surface area contributed by atoms with Gasteiger partial charge in [0.1, 0.15) is 11.5 Å². The highest BCUT2D eigenvalue weighted by molar-refractivity contribution is 6.30. The Balaban J connectivity index is 2.26. The van der Waals surface area contributed by atoms with Gasteiger partial charge in [-0.05, 0) is 43.0 Å². The second kappa shape index (κ2) is 3.28. The van der Waals surface area contributed by atoms with Crippen LogP contribution in [-0.2, 0) is 4.79 Å². The van der Waals surface area contributed by atoms with Gasteiger partial charge < -0.3 is 5.11 Å². The van der Waals surface area contributed by atoms with Crippen LogP contribution in [0.1, 0.15) is 24.8 Å². The van der Waals surface area contributed by atoms with Gasteiger partial charge in [-0.1, -0.05) is 11.6 Å². The topological polar surface area (TPSA) is 37.3 Å². The zero-order chi connectivity index (χ0) is 10.3. The molecule has 0 aromatic heterocycles. The molecule has 1 aromatic carbocycles. The molecule has 2 atom stereocenters. The monoisotopic (exact) mass is 210 g/mol. The minimum absolute atomic E-state index is 0.0827. The molecule has 3 heteroatoms. The normalized spacial score (nSPS) is 24.7. The molecule has 2 unspecified atom stereocenters. The van der Waals surface area contributed by atoms with Crippen molar-refractivity contribution in [3.8, 4) is 5.75 Å². The summed E-state index contributed by atoms with van der Waals surface area (Å²) < 4.78 is 0. The van der Waals surface area contributed by atoms with Crippen molar-refractivity contribution in [2.24, 2.45) is 5.92 Å². The van der Waals surface area contributed by atoms with Gasteiger partial charge in [0.25, 0.3) is 0 Å². The van der Waals surface area contributed by atoms with Crippen molar-refractivity contribution in [1.29, 1.82) is 0 Å². The standard InChI is InChI=1S/C11H11ClO2/c1-6(13)8-5-9(8)10-4-7(12)2-3-11(10)14/h2-4,8-9,14H,5H2,1H3. The molecule has 1 aliphatic carbocycles. The fourth-order valence-corrected chi connectivity index (χ4v) is 1.99. The molecule has 0 saturated heterocycles. The Morgan fingerprint density at radius 1 is 1.57 bits per heavy atom. The molecule has 0 amide bonds. The third kappa shape index (κ3) is 1.62. The van der Waals surface area contributed by atoms with Crippen molar-refractivity contribution in [3.05, 3.63) is 28.8 Å². The average molecular weight is 211 g/mol. The van der Waals surface area contributed by atoms with Crippen molar-refractivity contribution < 1.29 is 9.90 Å². The first kappa shape index (κ1) is 9.53. The number of ketones is 1. The van der Waals surface area contributed by atoms with E-state index in [0.29, 0.717) is 5.02 Å². The molecule has 0 heterocycles. The molecule has 74 valence electrons. The Labute approximate surface area is 87.5 Å². The lowest BCUT2D eigenvalue weighted by Gasteiger charge is -2.03. The lowest BCUT2D eigenvalue weighted by atomic mass is 10.1. The molecule has 1 saturated carbocycles. The number of carbonyl (C=O) groups is 1. The van der Waals surface area contributed by atoms with Crippen LogP contribution in [0.15, 0.2) is 18.2 Å². The third-order valence-corrected chi connectivity index (χ3v) is 2.94. The minimum Gasteiger partial charge on any atom is -0.508 e. The molecule has 2 nitrogen and oxygen atoms in total. The summed E-state index contributed by atoms with van der Waals surface area (Å²) >= 11 is 5.82. The first-order valence-electron chi connectivity index (χ1n) is 4.58. The molecule has 1 aromatic rings. The van der Waals surface area contributed by atoms with Gasteiger partial charge in [-0.3, -0.25) is 4.79 Å². The van der Waals surface area contributed by atoms with Gasteiger partial charge in [-0.2, -0.15) is 0 Å². The highest BCUT2D eigenvalue weighted by Gasteiger charge is 2.43. The number of halogens is 1. The summed E-state index contributed by atoms with van der Waals surface area (Å²) in [4.78, 5) is 11.1. The minimum atomic E-state index is 0.0827. The zero-order valence-corrected chi connectivity index (χ0v) is 8.58. The smallest absolute Gasteiger partial charge is 0.133 e. The lowest BCUT2D eigenvalue weighted by molar-refractivity contribution is -0.118. The summed E-state index contributed by atoms with van der Waals surface area (Å²) in [6.07, 6.45) is 0.837. The zero-order valence-electron chi connectivity index (χ0n) is 7.83. The number of phenolic OH excluding ortho intramolecular Hbond substituents is 1. The maximum absolute atomic E-state index is 11.1. The number of phenols is 1. The quantitative estimate of drug-likeness (QED) is 0.815. The van der Waals surface area contributed by atoms with Crippen molar-refractivity contribution >= 4 is 17.4 Å². The summed E-state index contributed by atoms with van der Waals surface area (Å²) in [6.45, 7) is 1.59. The van der Waals surface area contributed by atoms with Gasteiger partial charge in [0.05, 0.1) is 0 Å². The third-order valence-electron chi connectivity index (χ3n) is 2.70. The van der Waals surface area contributed by atoms with Crippen molar-refractivity contribution in [3.63, 3.8) is 0 Å². The summed E-state index contributed by atoms with van der Waals surface area (Å²) in [6, 6.07) is 4.96. The van der Waals surface area contributed by atoms with Crippen molar-refractivity contribution in [1.82, 2.24) is 0 Å². The second-order valence-electron chi connectivity index (χ2n) is 3.76. The molecular formula is C11H11ClO2. The first-order chi connectivity index (χ1) is 6.59. The first-order valence-corrected chi connectivity index (χ1v) is 4.96. The van der Waals surface area contributed by atoms with E-state index >= 15 is 0 Å². The van der Waals surface area contributed by atoms with E-state index < -0.39 is 0 Å². The lowest BCUT2D eigenvalue weighted by Crippen LogP contribution is -1.94. The summed E-state index contributed by atoms with van der Waals surface area (Å²) in [5, 5.41) is 10.2. The van der Waals surface area contributed by atoms with Gasteiger partial charge in [0, 0.05) is 10.9 Å². The fourth-order valence-electron chi connectivity index (χ4n) is 1.81. The van der Waals surface area contributed by atoms with Crippen LogP contribution >= 0.6 is 11.6 Å². The van der Waals surface area contributed by atoms with Gasteiger partial charge in [0.15, 0.2) is 0 Å². The molecule has 14 heavy (non-hydrogen) atoms. The number of carbonyl (C=O) groups excluding carboxylic acids is 1. The molecule has 2 rings (SSSR count). The number of aromatic hydroxyl groups is 1. The number of hydrogen-bond acceptors (Lipinski definition) is 2. The summed E-state index contributed by atoms with van der Waals surface area (Å²) in [5.74, 6) is 0.683. The second-order valence-corrected chi connectivity index (χ2v) is 4.20. The predicted octanol–water partition coefficient (Wildman–Crippen LogP) is 2.74. The van der Waals surface area contributed by atoms with Gasteiger partial charge >= 0.3 is 0 Å². The van der Waals surface area contributed by atoms with E-state index in [1.807, 2.05) is 0 Å². The van der Waals surface area contributed by atoms with Crippen LogP contribution in [0.3, 0.4) is 0 Å². The maximum Gasteiger partial charge on any atom is 0.133 e. The van der Waals surface area contributed by atoms with Gasteiger partial charge in [-0.15, -0.1) is 0 Å². The Bertz CT molecular complexity index is 387. The molecule has 1 aliphatic rings. The Kier molecular flexibility index (Phi) is 2.23.